The van der Waals surface area contributed by atoms with Crippen LogP contribution in [0.15, 0.2) is 152 Å². The summed E-state index contributed by atoms with van der Waals surface area (Å²) in [5.74, 6) is 2.14. The van der Waals surface area contributed by atoms with Gasteiger partial charge in [-0.25, -0.2) is 9.97 Å². The van der Waals surface area contributed by atoms with Gasteiger partial charge in [0.1, 0.15) is 0 Å². The Kier molecular flexibility index (Phi) is 5.71. The van der Waals surface area contributed by atoms with Crippen LogP contribution in [0.5, 0.6) is 0 Å². The third-order valence-corrected chi connectivity index (χ3v) is 14.6. The molecule has 274 valence electrons. The second-order valence-corrected chi connectivity index (χ2v) is 17.4. The van der Waals surface area contributed by atoms with Crippen molar-refractivity contribution in [2.24, 2.45) is 0 Å². The van der Waals surface area contributed by atoms with Gasteiger partial charge in [-0.15, -0.1) is 0 Å². The van der Waals surface area contributed by atoms with E-state index in [1.807, 2.05) is 0 Å². The van der Waals surface area contributed by atoms with E-state index in [0.29, 0.717) is 11.8 Å². The number of fused-ring (bicyclic) bond motifs is 22. The molecule has 0 radical (unpaired) electrons. The van der Waals surface area contributed by atoms with E-state index in [1.165, 1.54) is 117 Å². The molecule has 2 aromatic heterocycles. The SMILES string of the molecule is C1=Cc2nc(-n3c4ccc5ccccc5c4c4c5c(c6ccccc6c43)C3c4ccccc4-c4cccc-5c43)nc(-c3ccc4c(c3)C3CC3c3ccccc3-4)c2CC1. The molecule has 5 aliphatic rings. The molecule has 0 spiro atoms. The smallest absolute Gasteiger partial charge is 0.235 e. The Morgan fingerprint density at radius 1 is 0.542 bits per heavy atom. The van der Waals surface area contributed by atoms with Gasteiger partial charge in [0.05, 0.1) is 22.4 Å². The molecule has 59 heavy (non-hydrogen) atoms. The topological polar surface area (TPSA) is 30.7 Å². The molecule has 15 rings (SSSR count). The first-order valence-electron chi connectivity index (χ1n) is 21.2. The first-order chi connectivity index (χ1) is 29.3. The van der Waals surface area contributed by atoms with Crippen molar-refractivity contribution >= 4 is 49.4 Å². The summed E-state index contributed by atoms with van der Waals surface area (Å²) >= 11 is 0. The molecule has 1 fully saturated rings. The van der Waals surface area contributed by atoms with E-state index in [-0.39, 0.29) is 5.92 Å². The summed E-state index contributed by atoms with van der Waals surface area (Å²) in [6.45, 7) is 0. The maximum absolute atomic E-state index is 5.74. The lowest BCUT2D eigenvalue weighted by atomic mass is 9.84. The van der Waals surface area contributed by atoms with Crippen LogP contribution in [0, 0.1) is 0 Å². The van der Waals surface area contributed by atoms with Gasteiger partial charge in [0.2, 0.25) is 5.95 Å². The van der Waals surface area contributed by atoms with Crippen LogP contribution < -0.4 is 0 Å². The van der Waals surface area contributed by atoms with Gasteiger partial charge in [-0.3, -0.25) is 4.57 Å². The molecule has 8 aromatic carbocycles. The van der Waals surface area contributed by atoms with Crippen LogP contribution in [-0.4, -0.2) is 14.5 Å². The molecule has 5 aliphatic carbocycles. The Labute approximate surface area is 341 Å². The number of hydrogen-bond donors (Lipinski definition) is 0. The van der Waals surface area contributed by atoms with Crippen LogP contribution in [0.1, 0.15) is 69.7 Å². The lowest BCUT2D eigenvalue weighted by Gasteiger charge is -2.22. The molecule has 3 nitrogen and oxygen atoms in total. The fraction of sp³-hybridized carbons (Fsp3) is 0.107. The van der Waals surface area contributed by atoms with E-state index in [2.05, 4.69) is 162 Å². The van der Waals surface area contributed by atoms with Crippen molar-refractivity contribution < 1.29 is 0 Å². The summed E-state index contributed by atoms with van der Waals surface area (Å²) in [4.78, 5) is 11.3. The van der Waals surface area contributed by atoms with Gasteiger partial charge in [0, 0.05) is 33.2 Å². The summed E-state index contributed by atoms with van der Waals surface area (Å²) in [5.41, 5.74) is 22.4. The van der Waals surface area contributed by atoms with Crippen LogP contribution in [0.3, 0.4) is 0 Å². The largest absolute Gasteiger partial charge is 0.277 e. The van der Waals surface area contributed by atoms with Crippen molar-refractivity contribution in [2.45, 2.75) is 37.0 Å². The highest BCUT2D eigenvalue weighted by Gasteiger charge is 2.46. The zero-order chi connectivity index (χ0) is 38.1. The quantitative estimate of drug-likeness (QED) is 0.176. The van der Waals surface area contributed by atoms with E-state index in [1.54, 1.807) is 0 Å². The van der Waals surface area contributed by atoms with E-state index < -0.39 is 0 Å². The van der Waals surface area contributed by atoms with Gasteiger partial charge < -0.3 is 0 Å². The average molecular weight is 750 g/mol. The summed E-state index contributed by atoms with van der Waals surface area (Å²) in [6, 6.07) is 54.9. The van der Waals surface area contributed by atoms with Crippen LogP contribution in [0.25, 0.3) is 100 Å². The highest BCUT2D eigenvalue weighted by atomic mass is 15.2. The standard InChI is InChI=1S/C56H35N3/c1-2-13-32-30(12-1)25-27-47-49(32)53-52-42-22-11-21-37-35-16-5-6-17-38(35)50(48(37)42)51(52)39-18-7-8-19-40(39)55(53)59(47)56-57-46-23-10-9-20-41(46)54(58-56)31-24-26-36-33-14-3-4-15-34(33)44-29-45(44)43(36)28-31/h1-8,10-19,21-28,44-45,50H,9,20,29H2. The fourth-order valence-corrected chi connectivity index (χ4v) is 12.2. The molecule has 0 bridgehead atoms. The number of allylic oxidation sites excluding steroid dienone is 1. The van der Waals surface area contributed by atoms with Crippen molar-refractivity contribution in [2.75, 3.05) is 0 Å². The monoisotopic (exact) mass is 749 g/mol. The number of rotatable bonds is 2. The van der Waals surface area contributed by atoms with E-state index in [9.17, 15) is 0 Å². The number of benzene rings is 8. The fourth-order valence-electron chi connectivity index (χ4n) is 12.2. The third kappa shape index (κ3) is 3.85. The van der Waals surface area contributed by atoms with E-state index in [0.717, 1.165) is 35.7 Å². The number of aromatic nitrogens is 3. The van der Waals surface area contributed by atoms with E-state index >= 15 is 0 Å². The predicted octanol–water partition coefficient (Wildman–Crippen LogP) is 13.9. The van der Waals surface area contributed by atoms with Gasteiger partial charge in [0.15, 0.2) is 0 Å². The highest BCUT2D eigenvalue weighted by molar-refractivity contribution is 6.32. The maximum atomic E-state index is 5.74. The summed E-state index contributed by atoms with van der Waals surface area (Å²) in [6.07, 6.45) is 7.68. The molecule has 0 N–H and O–H groups in total. The Hall–Kier alpha value is -7.10. The summed E-state index contributed by atoms with van der Waals surface area (Å²) < 4.78 is 2.42. The van der Waals surface area contributed by atoms with Crippen molar-refractivity contribution in [3.8, 4) is 50.6 Å². The van der Waals surface area contributed by atoms with Crippen LogP contribution in [0.2, 0.25) is 0 Å². The third-order valence-electron chi connectivity index (χ3n) is 14.6. The molecule has 10 aromatic rings. The number of hydrogen-bond acceptors (Lipinski definition) is 2. The molecular weight excluding hydrogens is 715 g/mol. The van der Waals surface area contributed by atoms with Gasteiger partial charge in [-0.05, 0) is 127 Å². The number of nitrogens with zero attached hydrogens (tertiary/aromatic N) is 3. The zero-order valence-corrected chi connectivity index (χ0v) is 32.2. The zero-order valence-electron chi connectivity index (χ0n) is 32.2. The van der Waals surface area contributed by atoms with Gasteiger partial charge >= 0.3 is 0 Å². The second-order valence-electron chi connectivity index (χ2n) is 17.4. The molecule has 2 heterocycles. The normalized spacial score (nSPS) is 18.4. The van der Waals surface area contributed by atoms with Crippen molar-refractivity contribution in [1.29, 1.82) is 0 Å². The van der Waals surface area contributed by atoms with E-state index in [4.69, 9.17) is 9.97 Å². The van der Waals surface area contributed by atoms with Crippen molar-refractivity contribution in [3.63, 3.8) is 0 Å². The minimum atomic E-state index is 0.189. The average Bonchev–Trinajstić information content (AvgIpc) is 3.80. The maximum Gasteiger partial charge on any atom is 0.235 e. The second kappa shape index (κ2) is 10.9. The van der Waals surface area contributed by atoms with Crippen molar-refractivity contribution in [1.82, 2.24) is 14.5 Å². The van der Waals surface area contributed by atoms with Gasteiger partial charge in [0.25, 0.3) is 0 Å². The van der Waals surface area contributed by atoms with Gasteiger partial charge in [-0.2, -0.15) is 0 Å². The summed E-state index contributed by atoms with van der Waals surface area (Å²) in [7, 11) is 0. The molecule has 0 amide bonds. The van der Waals surface area contributed by atoms with Gasteiger partial charge in [-0.1, -0.05) is 140 Å². The molecular formula is C56H35N3. The molecule has 3 heteroatoms. The molecule has 0 aliphatic heterocycles. The lowest BCUT2D eigenvalue weighted by molar-refractivity contribution is 0.910. The molecule has 3 atom stereocenters. The summed E-state index contributed by atoms with van der Waals surface area (Å²) in [5, 5.41) is 7.63. The molecule has 0 saturated heterocycles. The first kappa shape index (κ1) is 31.0. The molecule has 3 unspecified atom stereocenters. The minimum Gasteiger partial charge on any atom is -0.277 e. The Bertz CT molecular complexity index is 3620. The Balaban J connectivity index is 1.07. The Morgan fingerprint density at radius 2 is 1.27 bits per heavy atom. The van der Waals surface area contributed by atoms with Crippen molar-refractivity contribution in [3.05, 3.63) is 191 Å². The molecule has 1 saturated carbocycles. The lowest BCUT2D eigenvalue weighted by Crippen LogP contribution is -2.10. The Morgan fingerprint density at radius 3 is 2.19 bits per heavy atom. The first-order valence-corrected chi connectivity index (χ1v) is 21.2. The predicted molar refractivity (Wildman–Crippen MR) is 242 cm³/mol. The van der Waals surface area contributed by atoms with Crippen LogP contribution >= 0.6 is 0 Å². The highest BCUT2D eigenvalue weighted by Crippen LogP contribution is 2.64. The van der Waals surface area contributed by atoms with Crippen LogP contribution in [0.4, 0.5) is 0 Å². The van der Waals surface area contributed by atoms with Crippen LogP contribution in [-0.2, 0) is 6.42 Å². The minimum absolute atomic E-state index is 0.189.